The van der Waals surface area contributed by atoms with Gasteiger partial charge in [0.25, 0.3) is 0 Å². The second kappa shape index (κ2) is 7.27. The number of hydrogen-bond donors (Lipinski definition) is 0. The first kappa shape index (κ1) is 20.4. The normalized spacial score (nSPS) is 15.9. The summed E-state index contributed by atoms with van der Waals surface area (Å²) in [7, 11) is -1.48. The van der Waals surface area contributed by atoms with E-state index in [9.17, 15) is 8.42 Å². The van der Waals surface area contributed by atoms with Gasteiger partial charge >= 0.3 is 0 Å². The highest BCUT2D eigenvalue weighted by atomic mass is 32.2. The Labute approximate surface area is 186 Å². The van der Waals surface area contributed by atoms with Crippen LogP contribution in [0.1, 0.15) is 24.5 Å². The molecule has 0 radical (unpaired) electrons. The van der Waals surface area contributed by atoms with E-state index < -0.39 is 9.84 Å². The smallest absolute Gasteiger partial charge is 0.175 e. The van der Waals surface area contributed by atoms with Gasteiger partial charge in [-0.05, 0) is 43.3 Å². The van der Waals surface area contributed by atoms with Crippen LogP contribution < -0.4 is 4.90 Å². The molecule has 32 heavy (non-hydrogen) atoms. The van der Waals surface area contributed by atoms with E-state index in [0.717, 1.165) is 40.0 Å². The zero-order chi connectivity index (χ0) is 22.6. The molecule has 0 amide bonds. The molecule has 5 rings (SSSR count). The van der Waals surface area contributed by atoms with Crippen molar-refractivity contribution in [3.8, 4) is 16.9 Å². The van der Waals surface area contributed by atoms with Gasteiger partial charge in [0.05, 0.1) is 22.5 Å². The Morgan fingerprint density at radius 3 is 2.44 bits per heavy atom. The maximum absolute atomic E-state index is 11.9. The topological polar surface area (TPSA) is 98.8 Å². The summed E-state index contributed by atoms with van der Waals surface area (Å²) in [5.74, 6) is 1.80. The third kappa shape index (κ3) is 3.36. The van der Waals surface area contributed by atoms with E-state index in [1.165, 1.54) is 11.1 Å². The number of aryl methyl sites for hydroxylation is 2. The molecular weight excluding hydrogens is 426 g/mol. The van der Waals surface area contributed by atoms with Crippen molar-refractivity contribution in [1.29, 1.82) is 0 Å². The lowest BCUT2D eigenvalue weighted by atomic mass is 10.1. The molecule has 0 bridgehead atoms. The molecule has 0 aliphatic carbocycles. The van der Waals surface area contributed by atoms with Crippen molar-refractivity contribution in [2.24, 2.45) is 7.05 Å². The molecule has 0 unspecified atom stereocenters. The van der Waals surface area contributed by atoms with Crippen LogP contribution in [0.3, 0.4) is 0 Å². The standard InChI is InChI=1S/C22H23N7O2S/c1-14-13-28(17-6-8-18(9-7-17)32(4,30)31)21-11-16(19-12-23-27(3)26-19)5-10-20(21)29-15(2)24-25-22(14)29/h5-12,14H,13H2,1-4H3/t14-/m0/s1. The molecule has 0 N–H and O–H groups in total. The number of hydrogen-bond acceptors (Lipinski definition) is 7. The van der Waals surface area contributed by atoms with Crippen molar-refractivity contribution in [2.75, 3.05) is 17.7 Å². The lowest BCUT2D eigenvalue weighted by Crippen LogP contribution is -2.22. The fraction of sp³-hybridized carbons (Fsp3) is 0.273. The monoisotopic (exact) mass is 449 g/mol. The SMILES string of the molecule is Cc1nnc2n1-c1ccc(-c3cnn(C)n3)cc1N(c1ccc(S(C)(=O)=O)cc1)C[C@@H]2C. The quantitative estimate of drug-likeness (QED) is 0.474. The lowest BCUT2D eigenvalue weighted by molar-refractivity contribution is 0.602. The summed E-state index contributed by atoms with van der Waals surface area (Å²) in [6.07, 6.45) is 2.95. The van der Waals surface area contributed by atoms with E-state index >= 15 is 0 Å². The molecule has 1 aliphatic rings. The minimum absolute atomic E-state index is 0.0955. The van der Waals surface area contributed by atoms with Crippen LogP contribution >= 0.6 is 0 Å². The molecule has 1 atom stereocenters. The first-order valence-electron chi connectivity index (χ1n) is 10.2. The molecule has 0 spiro atoms. The number of nitrogens with zero attached hydrogens (tertiary/aromatic N) is 7. The number of fused-ring (bicyclic) bond motifs is 3. The van der Waals surface area contributed by atoms with E-state index in [0.29, 0.717) is 11.4 Å². The fourth-order valence-corrected chi connectivity index (χ4v) is 4.76. The van der Waals surface area contributed by atoms with Gasteiger partial charge in [-0.1, -0.05) is 13.0 Å². The summed E-state index contributed by atoms with van der Waals surface area (Å²) in [6.45, 7) is 4.72. The average Bonchev–Trinajstić information content (AvgIpc) is 3.33. The van der Waals surface area contributed by atoms with E-state index in [4.69, 9.17) is 0 Å². The average molecular weight is 450 g/mol. The van der Waals surface area contributed by atoms with Crippen LogP contribution in [0.2, 0.25) is 0 Å². The Morgan fingerprint density at radius 1 is 1.03 bits per heavy atom. The minimum Gasteiger partial charge on any atom is -0.339 e. The second-order valence-electron chi connectivity index (χ2n) is 8.14. The van der Waals surface area contributed by atoms with Crippen LogP contribution in [-0.4, -0.2) is 51.0 Å². The summed E-state index contributed by atoms with van der Waals surface area (Å²) in [6, 6.07) is 13.2. The molecule has 9 nitrogen and oxygen atoms in total. The van der Waals surface area contributed by atoms with Gasteiger partial charge in [-0.15, -0.1) is 10.2 Å². The van der Waals surface area contributed by atoms with Crippen LogP contribution in [0, 0.1) is 6.92 Å². The number of benzene rings is 2. The molecule has 0 saturated carbocycles. The zero-order valence-corrected chi connectivity index (χ0v) is 19.1. The molecule has 3 heterocycles. The maximum atomic E-state index is 11.9. The summed E-state index contributed by atoms with van der Waals surface area (Å²) >= 11 is 0. The number of aromatic nitrogens is 6. The van der Waals surface area contributed by atoms with Crippen LogP contribution in [0.25, 0.3) is 16.9 Å². The number of rotatable bonds is 3. The largest absolute Gasteiger partial charge is 0.339 e. The molecule has 2 aromatic heterocycles. The summed E-state index contributed by atoms with van der Waals surface area (Å²) in [5, 5.41) is 17.4. The molecule has 0 fully saturated rings. The number of anilines is 2. The molecule has 0 saturated heterocycles. The zero-order valence-electron chi connectivity index (χ0n) is 18.3. The van der Waals surface area contributed by atoms with Gasteiger partial charge in [0.15, 0.2) is 9.84 Å². The van der Waals surface area contributed by atoms with Crippen molar-refractivity contribution in [1.82, 2.24) is 29.8 Å². The first-order valence-corrected chi connectivity index (χ1v) is 12.1. The Hall–Kier alpha value is -3.53. The van der Waals surface area contributed by atoms with Crippen LogP contribution in [-0.2, 0) is 16.9 Å². The summed E-state index contributed by atoms with van der Waals surface area (Å²) in [4.78, 5) is 4.03. The summed E-state index contributed by atoms with van der Waals surface area (Å²) < 4.78 is 26.0. The van der Waals surface area contributed by atoms with Gasteiger partial charge in [-0.2, -0.15) is 15.0 Å². The van der Waals surface area contributed by atoms with Gasteiger partial charge in [-0.3, -0.25) is 4.57 Å². The van der Waals surface area contributed by atoms with Crippen LogP contribution in [0.15, 0.2) is 53.6 Å². The molecular formula is C22H23N7O2S. The highest BCUT2D eigenvalue weighted by molar-refractivity contribution is 7.90. The first-order chi connectivity index (χ1) is 15.2. The Kier molecular flexibility index (Phi) is 4.63. The van der Waals surface area contributed by atoms with Crippen molar-refractivity contribution in [3.63, 3.8) is 0 Å². The number of sulfone groups is 1. The Bertz CT molecular complexity index is 1420. The predicted octanol–water partition coefficient (Wildman–Crippen LogP) is 3.03. The van der Waals surface area contributed by atoms with Crippen molar-refractivity contribution < 1.29 is 8.42 Å². The van der Waals surface area contributed by atoms with Gasteiger partial charge in [0, 0.05) is 37.0 Å². The Balaban J connectivity index is 1.71. The van der Waals surface area contributed by atoms with Gasteiger partial charge < -0.3 is 4.90 Å². The van der Waals surface area contributed by atoms with E-state index in [1.54, 1.807) is 25.4 Å². The minimum atomic E-state index is -3.27. The van der Waals surface area contributed by atoms with E-state index in [-0.39, 0.29) is 5.92 Å². The lowest BCUT2D eigenvalue weighted by Gasteiger charge is -2.27. The molecule has 10 heteroatoms. The van der Waals surface area contributed by atoms with Gasteiger partial charge in [-0.25, -0.2) is 8.42 Å². The molecule has 164 valence electrons. The third-order valence-corrected chi connectivity index (χ3v) is 6.85. The highest BCUT2D eigenvalue weighted by Gasteiger charge is 2.29. The van der Waals surface area contributed by atoms with E-state index in [2.05, 4.69) is 48.9 Å². The van der Waals surface area contributed by atoms with Gasteiger partial charge in [0.1, 0.15) is 17.3 Å². The summed E-state index contributed by atoms with van der Waals surface area (Å²) in [5.41, 5.74) is 4.55. The third-order valence-electron chi connectivity index (χ3n) is 5.73. The fourth-order valence-electron chi connectivity index (χ4n) is 4.13. The van der Waals surface area contributed by atoms with Crippen molar-refractivity contribution in [3.05, 3.63) is 60.3 Å². The maximum Gasteiger partial charge on any atom is 0.175 e. The van der Waals surface area contributed by atoms with Crippen LogP contribution in [0.4, 0.5) is 11.4 Å². The predicted molar refractivity (Wildman–Crippen MR) is 121 cm³/mol. The van der Waals surface area contributed by atoms with E-state index in [1.807, 2.05) is 25.1 Å². The van der Waals surface area contributed by atoms with Crippen molar-refractivity contribution in [2.45, 2.75) is 24.7 Å². The van der Waals surface area contributed by atoms with Gasteiger partial charge in [0.2, 0.25) is 0 Å². The molecule has 1 aliphatic heterocycles. The second-order valence-corrected chi connectivity index (χ2v) is 10.2. The van der Waals surface area contributed by atoms with Crippen molar-refractivity contribution >= 4 is 21.2 Å². The Morgan fingerprint density at radius 2 is 1.78 bits per heavy atom. The molecule has 4 aromatic rings. The van der Waals surface area contributed by atoms with Crippen LogP contribution in [0.5, 0.6) is 0 Å². The highest BCUT2D eigenvalue weighted by Crippen LogP contribution is 2.40. The molecule has 2 aromatic carbocycles.